The highest BCUT2D eigenvalue weighted by Crippen LogP contribution is 2.46. The van der Waals surface area contributed by atoms with Gasteiger partial charge >= 0.3 is 0 Å². The normalized spacial score (nSPS) is 34.6. The molecule has 0 spiro atoms. The van der Waals surface area contributed by atoms with Crippen molar-refractivity contribution in [1.29, 1.82) is 0 Å². The number of alkyl halides is 1. The zero-order valence-corrected chi connectivity index (χ0v) is 13.9. The predicted octanol–water partition coefficient (Wildman–Crippen LogP) is 2.61. The van der Waals surface area contributed by atoms with E-state index in [4.69, 9.17) is 9.47 Å². The molecule has 0 bridgehead atoms. The van der Waals surface area contributed by atoms with Crippen molar-refractivity contribution in [1.82, 2.24) is 0 Å². The Hall–Kier alpha value is -2.05. The Labute approximate surface area is 145 Å². The van der Waals surface area contributed by atoms with Gasteiger partial charge in [-0.05, 0) is 31.1 Å². The highest BCUT2D eigenvalue weighted by molar-refractivity contribution is 6.22. The molecule has 2 aliphatic heterocycles. The zero-order chi connectivity index (χ0) is 17.6. The lowest BCUT2D eigenvalue weighted by Crippen LogP contribution is -2.47. The Balaban J connectivity index is 1.68. The van der Waals surface area contributed by atoms with Gasteiger partial charge in [-0.3, -0.25) is 9.59 Å². The van der Waals surface area contributed by atoms with E-state index in [1.807, 2.05) is 13.0 Å². The second-order valence-electron chi connectivity index (χ2n) is 6.56. The summed E-state index contributed by atoms with van der Waals surface area (Å²) in [5, 5.41) is 0. The van der Waals surface area contributed by atoms with Crippen LogP contribution >= 0.6 is 0 Å². The number of hydrogen-bond acceptors (Lipinski definition) is 4. The molecule has 4 rings (SSSR count). The Bertz CT molecular complexity index is 719. The predicted molar refractivity (Wildman–Crippen MR) is 88.4 cm³/mol. The molecule has 5 atom stereocenters. The molecule has 2 fully saturated rings. The van der Waals surface area contributed by atoms with E-state index < -0.39 is 30.4 Å². The van der Waals surface area contributed by atoms with Crippen LogP contribution in [0.15, 0.2) is 42.0 Å². The fraction of sp³-hybridized carbons (Fsp3) is 0.474. The number of fused-ring (bicyclic) bond motifs is 3. The van der Waals surface area contributed by atoms with Crippen molar-refractivity contribution in [2.24, 2.45) is 11.8 Å². The van der Waals surface area contributed by atoms with Gasteiger partial charge in [0.1, 0.15) is 6.17 Å². The van der Waals surface area contributed by atoms with Crippen molar-refractivity contribution in [3.63, 3.8) is 0 Å². The summed E-state index contributed by atoms with van der Waals surface area (Å²) in [7, 11) is 0. The third-order valence-electron chi connectivity index (χ3n) is 5.17. The molecule has 1 aromatic carbocycles. The molecular formula is C19H20FNO4. The maximum absolute atomic E-state index is 14.6. The molecule has 1 aromatic rings. The lowest BCUT2D eigenvalue weighted by Gasteiger charge is -2.39. The number of hydrogen-bond donors (Lipinski definition) is 0. The van der Waals surface area contributed by atoms with E-state index in [1.165, 1.54) is 4.90 Å². The van der Waals surface area contributed by atoms with E-state index >= 15 is 0 Å². The highest BCUT2D eigenvalue weighted by Gasteiger charge is 2.58. The first kappa shape index (κ1) is 16.4. The number of para-hydroxylation sites is 1. The minimum Gasteiger partial charge on any atom is -0.353 e. The summed E-state index contributed by atoms with van der Waals surface area (Å²) >= 11 is 0. The molecular weight excluding hydrogens is 325 g/mol. The molecule has 1 saturated carbocycles. The molecule has 2 heterocycles. The minimum absolute atomic E-state index is 0.0313. The molecule has 1 saturated heterocycles. The smallest absolute Gasteiger partial charge is 0.240 e. The van der Waals surface area contributed by atoms with Crippen LogP contribution in [0.2, 0.25) is 0 Å². The Morgan fingerprint density at radius 1 is 1.24 bits per heavy atom. The van der Waals surface area contributed by atoms with Gasteiger partial charge in [0.25, 0.3) is 0 Å². The zero-order valence-electron chi connectivity index (χ0n) is 13.9. The molecule has 0 aromatic heterocycles. The standard InChI is InChI=1S/C19H20FNO4/c1-2-24-15-9-8-12-14(20)10-13-16(17(12)25-15)19(23)21(18(13)22)11-6-4-3-5-7-11/h3-8,13-17H,2,9-10H2,1H3/t13-,14+,15+,16-,17+/m1/s1. The van der Waals surface area contributed by atoms with E-state index in [9.17, 15) is 14.0 Å². The average molecular weight is 345 g/mol. The topological polar surface area (TPSA) is 55.8 Å². The maximum atomic E-state index is 14.6. The minimum atomic E-state index is -1.26. The first-order valence-corrected chi connectivity index (χ1v) is 8.65. The first-order chi connectivity index (χ1) is 12.1. The van der Waals surface area contributed by atoms with Crippen molar-refractivity contribution < 1.29 is 23.5 Å². The van der Waals surface area contributed by atoms with Crippen molar-refractivity contribution in [2.45, 2.75) is 38.3 Å². The Morgan fingerprint density at radius 3 is 2.72 bits per heavy atom. The lowest BCUT2D eigenvalue weighted by atomic mass is 9.74. The van der Waals surface area contributed by atoms with E-state index in [0.717, 1.165) is 0 Å². The number of amides is 2. The first-order valence-electron chi connectivity index (χ1n) is 8.65. The molecule has 0 N–H and O–H groups in total. The molecule has 1 aliphatic carbocycles. The number of rotatable bonds is 3. The molecule has 0 unspecified atom stereocenters. The number of anilines is 1. The SMILES string of the molecule is CCO[C@@H]1CC=C2[C@@H](F)C[C@H]3C(=O)N(c4ccccc4)C(=O)[C@H]3[C@H]2O1. The molecule has 6 heteroatoms. The van der Waals surface area contributed by atoms with Gasteiger partial charge in [0.05, 0.1) is 23.6 Å². The summed E-state index contributed by atoms with van der Waals surface area (Å²) in [5.41, 5.74) is 0.998. The fourth-order valence-electron chi connectivity index (χ4n) is 4.07. The molecule has 2 amide bonds. The molecule has 3 aliphatic rings. The van der Waals surface area contributed by atoms with E-state index in [2.05, 4.69) is 0 Å². The monoisotopic (exact) mass is 345 g/mol. The van der Waals surface area contributed by atoms with Gasteiger partial charge in [0, 0.05) is 13.0 Å². The number of ether oxygens (including phenoxy) is 2. The maximum Gasteiger partial charge on any atom is 0.240 e. The van der Waals surface area contributed by atoms with Gasteiger partial charge in [0.2, 0.25) is 11.8 Å². The summed E-state index contributed by atoms with van der Waals surface area (Å²) < 4.78 is 26.0. The molecule has 0 radical (unpaired) electrons. The summed E-state index contributed by atoms with van der Waals surface area (Å²) in [6, 6.07) is 8.77. The van der Waals surface area contributed by atoms with Crippen molar-refractivity contribution >= 4 is 17.5 Å². The Kier molecular flexibility index (Phi) is 4.17. The molecule has 5 nitrogen and oxygen atoms in total. The Morgan fingerprint density at radius 2 is 2.00 bits per heavy atom. The number of imide groups is 1. The van der Waals surface area contributed by atoms with Crippen molar-refractivity contribution in [3.8, 4) is 0 Å². The summed E-state index contributed by atoms with van der Waals surface area (Å²) in [6.45, 7) is 2.32. The van der Waals surface area contributed by atoms with E-state index in [1.54, 1.807) is 30.3 Å². The second-order valence-corrected chi connectivity index (χ2v) is 6.56. The van der Waals surface area contributed by atoms with Crippen LogP contribution < -0.4 is 4.90 Å². The van der Waals surface area contributed by atoms with Gasteiger partial charge in [-0.25, -0.2) is 9.29 Å². The lowest BCUT2D eigenvalue weighted by molar-refractivity contribution is -0.186. The second kappa shape index (κ2) is 6.35. The van der Waals surface area contributed by atoms with Crippen LogP contribution in [-0.2, 0) is 19.1 Å². The number of carbonyl (C=O) groups excluding carboxylic acids is 2. The third-order valence-corrected chi connectivity index (χ3v) is 5.17. The van der Waals surface area contributed by atoms with Gasteiger partial charge in [0.15, 0.2) is 6.29 Å². The van der Waals surface area contributed by atoms with Crippen LogP contribution in [0.1, 0.15) is 19.8 Å². The number of benzene rings is 1. The average Bonchev–Trinajstić information content (AvgIpc) is 2.87. The highest BCUT2D eigenvalue weighted by atomic mass is 19.1. The van der Waals surface area contributed by atoms with Gasteiger partial charge in [-0.2, -0.15) is 0 Å². The van der Waals surface area contributed by atoms with E-state index in [-0.39, 0.29) is 18.2 Å². The number of carbonyl (C=O) groups is 2. The van der Waals surface area contributed by atoms with Crippen LogP contribution in [0.4, 0.5) is 10.1 Å². The molecule has 25 heavy (non-hydrogen) atoms. The summed E-state index contributed by atoms with van der Waals surface area (Å²) in [5.74, 6) is -2.04. The van der Waals surface area contributed by atoms with Crippen LogP contribution in [0, 0.1) is 11.8 Å². The van der Waals surface area contributed by atoms with Crippen molar-refractivity contribution in [2.75, 3.05) is 11.5 Å². The van der Waals surface area contributed by atoms with Gasteiger partial charge in [-0.1, -0.05) is 24.3 Å². The van der Waals surface area contributed by atoms with Crippen LogP contribution in [0.3, 0.4) is 0 Å². The number of nitrogens with zero attached hydrogens (tertiary/aromatic N) is 1. The van der Waals surface area contributed by atoms with Crippen LogP contribution in [0.25, 0.3) is 0 Å². The van der Waals surface area contributed by atoms with Gasteiger partial charge < -0.3 is 9.47 Å². The fourth-order valence-corrected chi connectivity index (χ4v) is 4.07. The van der Waals surface area contributed by atoms with Crippen molar-refractivity contribution in [3.05, 3.63) is 42.0 Å². The van der Waals surface area contributed by atoms with Gasteiger partial charge in [-0.15, -0.1) is 0 Å². The summed E-state index contributed by atoms with van der Waals surface area (Å²) in [4.78, 5) is 27.0. The third kappa shape index (κ3) is 2.60. The molecule has 132 valence electrons. The largest absolute Gasteiger partial charge is 0.353 e. The number of halogens is 1. The quantitative estimate of drug-likeness (QED) is 0.624. The van der Waals surface area contributed by atoms with Crippen LogP contribution in [-0.4, -0.2) is 37.0 Å². The van der Waals surface area contributed by atoms with Crippen LogP contribution in [0.5, 0.6) is 0 Å². The summed E-state index contributed by atoms with van der Waals surface area (Å²) in [6.07, 6.45) is -0.229. The van der Waals surface area contributed by atoms with E-state index in [0.29, 0.717) is 24.3 Å².